The number of carbonyl (C=O) groups is 2. The molecule has 150 valence electrons. The second-order valence-electron chi connectivity index (χ2n) is 7.15. The zero-order valence-electron chi connectivity index (χ0n) is 15.9. The molecular weight excluding hydrogens is 370 g/mol. The Labute approximate surface area is 168 Å². The van der Waals surface area contributed by atoms with E-state index in [-0.39, 0.29) is 11.8 Å². The Kier molecular flexibility index (Phi) is 5.55. The van der Waals surface area contributed by atoms with Gasteiger partial charge in [-0.25, -0.2) is 9.48 Å². The SMILES string of the molecule is NOC(=O)c1cccc2cn(-c3ccc(CNC(=O)C4CCCNC4)cc3)nc12. The molecule has 0 radical (unpaired) electrons. The molecule has 1 aliphatic rings. The lowest BCUT2D eigenvalue weighted by Gasteiger charge is -2.21. The van der Waals surface area contributed by atoms with Crippen LogP contribution in [-0.2, 0) is 16.2 Å². The number of nitrogens with one attached hydrogen (secondary N) is 2. The van der Waals surface area contributed by atoms with E-state index in [1.807, 2.05) is 36.5 Å². The third-order valence-electron chi connectivity index (χ3n) is 5.20. The van der Waals surface area contributed by atoms with Crippen LogP contribution in [0.3, 0.4) is 0 Å². The van der Waals surface area contributed by atoms with Gasteiger partial charge in [0.05, 0.1) is 17.2 Å². The molecule has 1 aromatic heterocycles. The van der Waals surface area contributed by atoms with Crippen molar-refractivity contribution in [3.05, 3.63) is 59.8 Å². The van der Waals surface area contributed by atoms with Crippen molar-refractivity contribution in [2.45, 2.75) is 19.4 Å². The van der Waals surface area contributed by atoms with E-state index in [1.54, 1.807) is 16.8 Å². The van der Waals surface area contributed by atoms with Gasteiger partial charge in [-0.3, -0.25) is 4.79 Å². The molecule has 1 amide bonds. The zero-order chi connectivity index (χ0) is 20.2. The normalized spacial score (nSPS) is 16.5. The number of aromatic nitrogens is 2. The van der Waals surface area contributed by atoms with Crippen molar-refractivity contribution in [2.24, 2.45) is 11.8 Å². The Morgan fingerprint density at radius 2 is 2.07 bits per heavy atom. The van der Waals surface area contributed by atoms with Crippen molar-refractivity contribution in [2.75, 3.05) is 13.1 Å². The Bertz CT molecular complexity index is 1020. The Morgan fingerprint density at radius 3 is 2.79 bits per heavy atom. The standard InChI is InChI=1S/C21H23N5O3/c22-29-21(28)18-5-1-3-16-13-26(25-19(16)18)17-8-6-14(7-9-17)11-24-20(27)15-4-2-10-23-12-15/h1,3,5-9,13,15,23H,2,4,10-12,22H2,(H,24,27). The number of piperidine rings is 1. The maximum atomic E-state index is 12.3. The van der Waals surface area contributed by atoms with Crippen LogP contribution in [0.25, 0.3) is 16.6 Å². The molecule has 2 heterocycles. The van der Waals surface area contributed by atoms with Gasteiger partial charge in [-0.05, 0) is 43.1 Å². The summed E-state index contributed by atoms with van der Waals surface area (Å²) in [6.45, 7) is 2.23. The lowest BCUT2D eigenvalue weighted by Crippen LogP contribution is -2.40. The molecule has 0 aliphatic carbocycles. The van der Waals surface area contributed by atoms with Crippen LogP contribution >= 0.6 is 0 Å². The number of fused-ring (bicyclic) bond motifs is 1. The fraction of sp³-hybridized carbons (Fsp3) is 0.286. The molecule has 4 rings (SSSR count). The third kappa shape index (κ3) is 4.13. The molecule has 0 spiro atoms. The van der Waals surface area contributed by atoms with Gasteiger partial charge in [-0.1, -0.05) is 24.3 Å². The van der Waals surface area contributed by atoms with Gasteiger partial charge < -0.3 is 15.5 Å². The fourth-order valence-corrected chi connectivity index (χ4v) is 3.58. The quantitative estimate of drug-likeness (QED) is 0.569. The lowest BCUT2D eigenvalue weighted by molar-refractivity contribution is -0.125. The predicted octanol–water partition coefficient (Wildman–Crippen LogP) is 1.67. The minimum Gasteiger partial charge on any atom is -0.370 e. The summed E-state index contributed by atoms with van der Waals surface area (Å²) in [6.07, 6.45) is 3.82. The Balaban J connectivity index is 1.46. The van der Waals surface area contributed by atoms with Crippen LogP contribution in [-0.4, -0.2) is 34.7 Å². The molecular formula is C21H23N5O3. The van der Waals surface area contributed by atoms with Crippen molar-refractivity contribution in [1.29, 1.82) is 0 Å². The average molecular weight is 393 g/mol. The van der Waals surface area contributed by atoms with E-state index >= 15 is 0 Å². The highest BCUT2D eigenvalue weighted by molar-refractivity contribution is 6.02. The summed E-state index contributed by atoms with van der Waals surface area (Å²) >= 11 is 0. The van der Waals surface area contributed by atoms with Crippen LogP contribution < -0.4 is 16.5 Å². The first-order chi connectivity index (χ1) is 14.2. The van der Waals surface area contributed by atoms with Gasteiger partial charge in [0, 0.05) is 24.7 Å². The van der Waals surface area contributed by atoms with E-state index in [0.717, 1.165) is 42.6 Å². The van der Waals surface area contributed by atoms with Gasteiger partial charge >= 0.3 is 5.97 Å². The maximum absolute atomic E-state index is 12.3. The first-order valence-corrected chi connectivity index (χ1v) is 9.63. The minimum atomic E-state index is -0.625. The summed E-state index contributed by atoms with van der Waals surface area (Å²) in [5, 5.41) is 11.6. The Morgan fingerprint density at radius 1 is 1.24 bits per heavy atom. The first kappa shape index (κ1) is 19.1. The molecule has 1 aliphatic heterocycles. The van der Waals surface area contributed by atoms with Gasteiger partial charge in [0.15, 0.2) is 0 Å². The zero-order valence-corrected chi connectivity index (χ0v) is 15.9. The topological polar surface area (TPSA) is 111 Å². The summed E-state index contributed by atoms with van der Waals surface area (Å²) in [5.74, 6) is 4.53. The molecule has 4 N–H and O–H groups in total. The van der Waals surface area contributed by atoms with Gasteiger partial charge in [0.1, 0.15) is 5.52 Å². The number of benzene rings is 2. The molecule has 0 bridgehead atoms. The second kappa shape index (κ2) is 8.42. The van der Waals surface area contributed by atoms with E-state index in [0.29, 0.717) is 17.6 Å². The second-order valence-corrected chi connectivity index (χ2v) is 7.15. The van der Waals surface area contributed by atoms with Crippen molar-refractivity contribution >= 4 is 22.8 Å². The summed E-state index contributed by atoms with van der Waals surface area (Å²) in [7, 11) is 0. The van der Waals surface area contributed by atoms with Gasteiger partial charge in [-0.2, -0.15) is 11.0 Å². The number of amides is 1. The number of hydrogen-bond donors (Lipinski definition) is 3. The summed E-state index contributed by atoms with van der Waals surface area (Å²) in [4.78, 5) is 28.4. The maximum Gasteiger partial charge on any atom is 0.358 e. The minimum absolute atomic E-state index is 0.0499. The molecule has 1 unspecified atom stereocenters. The van der Waals surface area contributed by atoms with E-state index in [4.69, 9.17) is 5.90 Å². The van der Waals surface area contributed by atoms with Crippen LogP contribution in [0.5, 0.6) is 0 Å². The summed E-state index contributed by atoms with van der Waals surface area (Å²) in [6, 6.07) is 13.0. The number of nitrogens with zero attached hydrogens (tertiary/aromatic N) is 2. The van der Waals surface area contributed by atoms with E-state index in [9.17, 15) is 9.59 Å². The van der Waals surface area contributed by atoms with Crippen LogP contribution in [0, 0.1) is 5.92 Å². The largest absolute Gasteiger partial charge is 0.370 e. The highest BCUT2D eigenvalue weighted by atomic mass is 16.7. The Hall–Kier alpha value is -3.23. The van der Waals surface area contributed by atoms with Crippen molar-refractivity contribution in [1.82, 2.24) is 20.4 Å². The summed E-state index contributed by atoms with van der Waals surface area (Å²) in [5.41, 5.74) is 2.70. The number of hydrogen-bond acceptors (Lipinski definition) is 6. The highest BCUT2D eigenvalue weighted by Gasteiger charge is 2.20. The molecule has 29 heavy (non-hydrogen) atoms. The monoisotopic (exact) mass is 393 g/mol. The first-order valence-electron chi connectivity index (χ1n) is 9.63. The molecule has 3 aromatic rings. The van der Waals surface area contributed by atoms with Crippen LogP contribution in [0.1, 0.15) is 28.8 Å². The van der Waals surface area contributed by atoms with Crippen LogP contribution in [0.4, 0.5) is 0 Å². The van der Waals surface area contributed by atoms with Gasteiger partial charge in [0.2, 0.25) is 5.91 Å². The smallest absolute Gasteiger partial charge is 0.358 e. The highest BCUT2D eigenvalue weighted by Crippen LogP contribution is 2.20. The number of rotatable bonds is 5. The van der Waals surface area contributed by atoms with E-state index in [1.165, 1.54) is 0 Å². The molecule has 8 heteroatoms. The number of nitrogens with two attached hydrogens (primary N) is 1. The fourth-order valence-electron chi connectivity index (χ4n) is 3.58. The van der Waals surface area contributed by atoms with E-state index < -0.39 is 5.97 Å². The van der Waals surface area contributed by atoms with Gasteiger partial charge in [0.25, 0.3) is 0 Å². The molecule has 0 saturated carbocycles. The van der Waals surface area contributed by atoms with Crippen molar-refractivity contribution in [3.8, 4) is 5.69 Å². The van der Waals surface area contributed by atoms with Gasteiger partial charge in [-0.15, -0.1) is 0 Å². The lowest BCUT2D eigenvalue weighted by atomic mass is 9.99. The third-order valence-corrected chi connectivity index (χ3v) is 5.20. The van der Waals surface area contributed by atoms with Crippen LogP contribution in [0.15, 0.2) is 48.7 Å². The molecule has 8 nitrogen and oxygen atoms in total. The molecule has 1 saturated heterocycles. The van der Waals surface area contributed by atoms with Crippen LogP contribution in [0.2, 0.25) is 0 Å². The molecule has 1 atom stereocenters. The molecule has 1 fully saturated rings. The summed E-state index contributed by atoms with van der Waals surface area (Å²) < 4.78 is 1.70. The van der Waals surface area contributed by atoms with E-state index in [2.05, 4.69) is 20.6 Å². The predicted molar refractivity (Wildman–Crippen MR) is 108 cm³/mol. The molecule has 2 aromatic carbocycles. The average Bonchev–Trinajstić information content (AvgIpc) is 3.22. The van der Waals surface area contributed by atoms with Crippen molar-refractivity contribution < 1.29 is 14.4 Å². The van der Waals surface area contributed by atoms with Crippen molar-refractivity contribution in [3.63, 3.8) is 0 Å². The number of carbonyl (C=O) groups excluding carboxylic acids is 2.